The second-order valence-corrected chi connectivity index (χ2v) is 6.59. The maximum Gasteiger partial charge on any atom is 0.279 e. The fourth-order valence-electron chi connectivity index (χ4n) is 2.63. The Morgan fingerprint density at radius 3 is 2.70 bits per heavy atom. The van der Waals surface area contributed by atoms with E-state index >= 15 is 0 Å². The first-order valence-corrected chi connectivity index (χ1v) is 8.73. The maximum absolute atomic E-state index is 12.9. The summed E-state index contributed by atoms with van der Waals surface area (Å²) in [6.07, 6.45) is -0.419. The number of fused-ring (bicyclic) bond motifs is 1. The van der Waals surface area contributed by atoms with Gasteiger partial charge in [-0.05, 0) is 61.4 Å². The van der Waals surface area contributed by atoms with E-state index in [-0.39, 0.29) is 12.5 Å². The minimum Gasteiger partial charge on any atom is -0.492 e. The largest absolute Gasteiger partial charge is 0.492 e. The number of nitrogens with one attached hydrogen (secondary N) is 2. The Kier molecular flexibility index (Phi) is 5.81. The van der Waals surface area contributed by atoms with Crippen molar-refractivity contribution in [3.05, 3.63) is 58.9 Å². The Hall–Kier alpha value is -2.80. The normalized spacial score (nSPS) is 16.5. The summed E-state index contributed by atoms with van der Waals surface area (Å²) in [5, 5.41) is 0.568. The highest BCUT2D eigenvalue weighted by atomic mass is 35.5. The fraction of sp³-hybridized carbons (Fsp3) is 0.263. The SMILES string of the molecule is C[C@@H](Oc1ccc(F)cc1)C(=O)NNC(=O)[C@@H]1COc2ccc(Cl)cc2C1. The van der Waals surface area contributed by atoms with Crippen LogP contribution in [0.15, 0.2) is 42.5 Å². The van der Waals surface area contributed by atoms with Gasteiger partial charge >= 0.3 is 0 Å². The third-order valence-electron chi connectivity index (χ3n) is 4.10. The molecule has 0 aromatic heterocycles. The van der Waals surface area contributed by atoms with Crippen LogP contribution in [0.5, 0.6) is 11.5 Å². The van der Waals surface area contributed by atoms with Crippen LogP contribution in [0.1, 0.15) is 12.5 Å². The van der Waals surface area contributed by atoms with Crippen molar-refractivity contribution in [1.29, 1.82) is 0 Å². The van der Waals surface area contributed by atoms with Crippen molar-refractivity contribution in [2.24, 2.45) is 5.92 Å². The number of hydrazine groups is 1. The zero-order chi connectivity index (χ0) is 19.4. The van der Waals surface area contributed by atoms with E-state index in [0.29, 0.717) is 22.9 Å². The second kappa shape index (κ2) is 8.26. The molecule has 0 saturated carbocycles. The molecule has 0 bridgehead atoms. The van der Waals surface area contributed by atoms with E-state index in [4.69, 9.17) is 21.1 Å². The van der Waals surface area contributed by atoms with Crippen LogP contribution in [-0.2, 0) is 16.0 Å². The van der Waals surface area contributed by atoms with Gasteiger partial charge in [0.25, 0.3) is 5.91 Å². The Bertz CT molecular complexity index is 844. The number of amides is 2. The highest BCUT2D eigenvalue weighted by molar-refractivity contribution is 6.30. The highest BCUT2D eigenvalue weighted by Gasteiger charge is 2.27. The van der Waals surface area contributed by atoms with E-state index < -0.39 is 23.7 Å². The summed E-state index contributed by atoms with van der Waals surface area (Å²) in [5.74, 6) is -0.710. The third-order valence-corrected chi connectivity index (χ3v) is 4.34. The standard InChI is InChI=1S/C19H18ClFN2O4/c1-11(27-16-5-3-15(21)4-6-16)18(24)22-23-19(25)13-8-12-9-14(20)2-7-17(12)26-10-13/h2-7,9,11,13H,8,10H2,1H3,(H,22,24)(H,23,25)/t11-,13+/m1/s1. The van der Waals surface area contributed by atoms with Crippen LogP contribution in [0.25, 0.3) is 0 Å². The molecule has 8 heteroatoms. The predicted octanol–water partition coefficient (Wildman–Crippen LogP) is 2.65. The quantitative estimate of drug-likeness (QED) is 0.784. The van der Waals surface area contributed by atoms with Crippen molar-refractivity contribution in [2.75, 3.05) is 6.61 Å². The lowest BCUT2D eigenvalue weighted by Crippen LogP contribution is -2.50. The van der Waals surface area contributed by atoms with Gasteiger partial charge < -0.3 is 9.47 Å². The lowest BCUT2D eigenvalue weighted by molar-refractivity contribution is -0.134. The number of carbonyl (C=O) groups excluding carboxylic acids is 2. The molecule has 0 fully saturated rings. The molecule has 0 aliphatic carbocycles. The van der Waals surface area contributed by atoms with Gasteiger partial charge in [-0.3, -0.25) is 20.4 Å². The topological polar surface area (TPSA) is 76.7 Å². The Balaban J connectivity index is 1.49. The number of hydrogen-bond donors (Lipinski definition) is 2. The molecule has 0 radical (unpaired) electrons. The summed E-state index contributed by atoms with van der Waals surface area (Å²) >= 11 is 5.97. The Morgan fingerprint density at radius 1 is 1.22 bits per heavy atom. The van der Waals surface area contributed by atoms with Crippen molar-refractivity contribution in [1.82, 2.24) is 10.9 Å². The first-order valence-electron chi connectivity index (χ1n) is 8.35. The van der Waals surface area contributed by atoms with Crippen LogP contribution >= 0.6 is 11.6 Å². The molecule has 0 unspecified atom stereocenters. The van der Waals surface area contributed by atoms with Gasteiger partial charge in [0.2, 0.25) is 5.91 Å². The Labute approximate surface area is 160 Å². The molecule has 1 heterocycles. The average Bonchev–Trinajstić information content (AvgIpc) is 2.66. The van der Waals surface area contributed by atoms with Gasteiger partial charge in [-0.1, -0.05) is 11.6 Å². The number of benzene rings is 2. The number of hydrogen-bond acceptors (Lipinski definition) is 4. The first kappa shape index (κ1) is 19.0. The van der Waals surface area contributed by atoms with E-state index in [2.05, 4.69) is 10.9 Å². The van der Waals surface area contributed by atoms with Crippen molar-refractivity contribution in [3.8, 4) is 11.5 Å². The lowest BCUT2D eigenvalue weighted by atomic mass is 9.96. The van der Waals surface area contributed by atoms with E-state index in [9.17, 15) is 14.0 Å². The summed E-state index contributed by atoms with van der Waals surface area (Å²) in [6, 6.07) is 10.5. The molecule has 27 heavy (non-hydrogen) atoms. The van der Waals surface area contributed by atoms with E-state index in [0.717, 1.165) is 5.56 Å². The van der Waals surface area contributed by atoms with Crippen LogP contribution < -0.4 is 20.3 Å². The molecule has 2 atom stereocenters. The van der Waals surface area contributed by atoms with E-state index in [1.54, 1.807) is 18.2 Å². The van der Waals surface area contributed by atoms with Crippen molar-refractivity contribution in [2.45, 2.75) is 19.4 Å². The van der Waals surface area contributed by atoms with Crippen LogP contribution in [0.4, 0.5) is 4.39 Å². The zero-order valence-electron chi connectivity index (χ0n) is 14.5. The van der Waals surface area contributed by atoms with Crippen molar-refractivity contribution < 1.29 is 23.5 Å². The molecular formula is C19H18ClFN2O4. The zero-order valence-corrected chi connectivity index (χ0v) is 15.3. The highest BCUT2D eigenvalue weighted by Crippen LogP contribution is 2.29. The van der Waals surface area contributed by atoms with Crippen LogP contribution in [0.2, 0.25) is 5.02 Å². The maximum atomic E-state index is 12.9. The second-order valence-electron chi connectivity index (χ2n) is 6.16. The smallest absolute Gasteiger partial charge is 0.279 e. The third kappa shape index (κ3) is 4.89. The first-order chi connectivity index (χ1) is 12.9. The minimum absolute atomic E-state index is 0.206. The number of rotatable bonds is 4. The number of halogens is 2. The van der Waals surface area contributed by atoms with Crippen molar-refractivity contribution >= 4 is 23.4 Å². The molecule has 3 rings (SSSR count). The fourth-order valence-corrected chi connectivity index (χ4v) is 2.82. The van der Waals surface area contributed by atoms with Gasteiger partial charge in [0.15, 0.2) is 6.10 Å². The molecule has 0 spiro atoms. The van der Waals surface area contributed by atoms with E-state index in [1.807, 2.05) is 0 Å². The molecule has 0 saturated heterocycles. The molecule has 2 aromatic rings. The lowest BCUT2D eigenvalue weighted by Gasteiger charge is -2.25. The molecule has 6 nitrogen and oxygen atoms in total. The van der Waals surface area contributed by atoms with Gasteiger partial charge in [0, 0.05) is 5.02 Å². The summed E-state index contributed by atoms with van der Waals surface area (Å²) < 4.78 is 23.9. The monoisotopic (exact) mass is 392 g/mol. The van der Waals surface area contributed by atoms with Crippen LogP contribution in [-0.4, -0.2) is 24.5 Å². The molecule has 1 aliphatic heterocycles. The molecule has 142 valence electrons. The van der Waals surface area contributed by atoms with Gasteiger partial charge in [-0.25, -0.2) is 4.39 Å². The molecule has 2 amide bonds. The van der Waals surface area contributed by atoms with Gasteiger partial charge in [-0.15, -0.1) is 0 Å². The predicted molar refractivity (Wildman–Crippen MR) is 96.9 cm³/mol. The van der Waals surface area contributed by atoms with Crippen LogP contribution in [0, 0.1) is 11.7 Å². The summed E-state index contributed by atoms with van der Waals surface area (Å²) in [4.78, 5) is 24.4. The molecule has 1 aliphatic rings. The van der Waals surface area contributed by atoms with Gasteiger partial charge in [0.1, 0.15) is 23.9 Å². The summed E-state index contributed by atoms with van der Waals surface area (Å²) in [6.45, 7) is 1.73. The van der Waals surface area contributed by atoms with Gasteiger partial charge in [-0.2, -0.15) is 0 Å². The van der Waals surface area contributed by atoms with E-state index in [1.165, 1.54) is 31.2 Å². The average molecular weight is 393 g/mol. The summed E-state index contributed by atoms with van der Waals surface area (Å²) in [7, 11) is 0. The number of ether oxygens (including phenoxy) is 2. The van der Waals surface area contributed by atoms with Crippen LogP contribution in [0.3, 0.4) is 0 Å². The molecule has 2 N–H and O–H groups in total. The Morgan fingerprint density at radius 2 is 1.96 bits per heavy atom. The van der Waals surface area contributed by atoms with Crippen molar-refractivity contribution in [3.63, 3.8) is 0 Å². The van der Waals surface area contributed by atoms with Gasteiger partial charge in [0.05, 0.1) is 5.92 Å². The molecule has 2 aromatic carbocycles. The minimum atomic E-state index is -0.877. The summed E-state index contributed by atoms with van der Waals surface area (Å²) in [5.41, 5.74) is 5.55. The number of carbonyl (C=O) groups is 2. The molecular weight excluding hydrogens is 375 g/mol.